The molecule has 2 nitrogen and oxygen atoms in total. The molecule has 0 aromatic heterocycles. The van der Waals surface area contributed by atoms with Crippen LogP contribution in [0.3, 0.4) is 0 Å². The highest BCUT2D eigenvalue weighted by Gasteiger charge is 2.33. The first-order valence-electron chi connectivity index (χ1n) is 7.60. The van der Waals surface area contributed by atoms with E-state index in [0.717, 1.165) is 48.7 Å². The fraction of sp³-hybridized carbons (Fsp3) is 0.625. The second-order valence-corrected chi connectivity index (χ2v) is 7.02. The van der Waals surface area contributed by atoms with Gasteiger partial charge in [0.15, 0.2) is 0 Å². The van der Waals surface area contributed by atoms with Crippen LogP contribution in [0.2, 0.25) is 0 Å². The Labute approximate surface area is 150 Å². The van der Waals surface area contributed by atoms with E-state index >= 15 is 0 Å². The third-order valence-corrected chi connectivity index (χ3v) is 4.69. The molecule has 0 amide bonds. The van der Waals surface area contributed by atoms with Gasteiger partial charge in [-0.15, -0.1) is 12.4 Å². The van der Waals surface area contributed by atoms with E-state index in [1.54, 1.807) is 0 Å². The van der Waals surface area contributed by atoms with E-state index in [0.29, 0.717) is 5.92 Å². The maximum absolute atomic E-state index is 13.0. The van der Waals surface area contributed by atoms with Crippen LogP contribution in [0.1, 0.15) is 37.4 Å². The zero-order valence-corrected chi connectivity index (χ0v) is 15.7. The summed E-state index contributed by atoms with van der Waals surface area (Å²) in [6, 6.07) is 3.98. The van der Waals surface area contributed by atoms with E-state index in [-0.39, 0.29) is 18.4 Å². The molecular formula is C16H23BrClF3N2. The third-order valence-electron chi connectivity index (χ3n) is 3.97. The highest BCUT2D eigenvalue weighted by molar-refractivity contribution is 9.10. The molecule has 1 heterocycles. The molecule has 1 saturated heterocycles. The van der Waals surface area contributed by atoms with Crippen LogP contribution >= 0.6 is 28.3 Å². The Hall–Kier alpha value is -0.300. The second kappa shape index (κ2) is 8.70. The van der Waals surface area contributed by atoms with Crippen LogP contribution in [0, 0.1) is 5.92 Å². The Kier molecular flexibility index (Phi) is 7.84. The zero-order valence-electron chi connectivity index (χ0n) is 13.3. The molecule has 1 N–H and O–H groups in total. The molecule has 0 unspecified atom stereocenters. The predicted octanol–water partition coefficient (Wildman–Crippen LogP) is 4.88. The number of benzene rings is 1. The van der Waals surface area contributed by atoms with Gasteiger partial charge < -0.3 is 5.32 Å². The number of rotatable bonds is 4. The zero-order chi connectivity index (χ0) is 16.3. The molecule has 7 heteroatoms. The second-order valence-electron chi connectivity index (χ2n) is 6.17. The number of hydrogen-bond acceptors (Lipinski definition) is 2. The Morgan fingerprint density at radius 3 is 2.35 bits per heavy atom. The minimum atomic E-state index is -4.30. The van der Waals surface area contributed by atoms with Gasteiger partial charge in [0.2, 0.25) is 0 Å². The number of hydrogen-bond donors (Lipinski definition) is 1. The Morgan fingerprint density at radius 2 is 1.83 bits per heavy atom. The molecule has 1 aliphatic rings. The van der Waals surface area contributed by atoms with Gasteiger partial charge in [-0.3, -0.25) is 4.90 Å². The van der Waals surface area contributed by atoms with Gasteiger partial charge in [-0.2, -0.15) is 13.2 Å². The first-order valence-corrected chi connectivity index (χ1v) is 8.39. The van der Waals surface area contributed by atoms with Crippen molar-refractivity contribution in [1.29, 1.82) is 0 Å². The molecule has 0 aliphatic carbocycles. The van der Waals surface area contributed by atoms with Crippen LogP contribution in [0.4, 0.5) is 13.2 Å². The molecule has 0 radical (unpaired) electrons. The maximum atomic E-state index is 13.0. The van der Waals surface area contributed by atoms with Crippen LogP contribution in [0.5, 0.6) is 0 Å². The van der Waals surface area contributed by atoms with Crippen molar-refractivity contribution in [3.63, 3.8) is 0 Å². The van der Waals surface area contributed by atoms with Gasteiger partial charge in [-0.25, -0.2) is 0 Å². The fourth-order valence-corrected chi connectivity index (χ4v) is 3.40. The van der Waals surface area contributed by atoms with Crippen LogP contribution in [0.25, 0.3) is 0 Å². The molecule has 1 fully saturated rings. The van der Waals surface area contributed by atoms with Gasteiger partial charge in [0.1, 0.15) is 0 Å². The topological polar surface area (TPSA) is 15.3 Å². The van der Waals surface area contributed by atoms with Crippen molar-refractivity contribution >= 4 is 28.3 Å². The van der Waals surface area contributed by atoms with Crippen LogP contribution < -0.4 is 5.32 Å². The lowest BCUT2D eigenvalue weighted by Crippen LogP contribution is -2.45. The average molecular weight is 416 g/mol. The summed E-state index contributed by atoms with van der Waals surface area (Å²) >= 11 is 3.44. The summed E-state index contributed by atoms with van der Waals surface area (Å²) in [5, 5.41) is 3.29. The highest BCUT2D eigenvalue weighted by atomic mass is 79.9. The molecule has 132 valence electrons. The largest absolute Gasteiger partial charge is 0.416 e. The minimum Gasteiger partial charge on any atom is -0.314 e. The SMILES string of the molecule is CC(C)C[C@H](c1cc(C(F)(F)F)ccc1Br)N1CCNCC1.Cl. The molecule has 0 saturated carbocycles. The Balaban J connectivity index is 0.00000264. The van der Waals surface area contributed by atoms with Gasteiger partial charge in [-0.1, -0.05) is 29.8 Å². The number of nitrogens with one attached hydrogen (secondary N) is 1. The highest BCUT2D eigenvalue weighted by Crippen LogP contribution is 2.37. The summed E-state index contributed by atoms with van der Waals surface area (Å²) in [6.45, 7) is 7.70. The van der Waals surface area contributed by atoms with Crippen molar-refractivity contribution in [3.05, 3.63) is 33.8 Å². The summed E-state index contributed by atoms with van der Waals surface area (Å²) in [5.41, 5.74) is 0.167. The lowest BCUT2D eigenvalue weighted by atomic mass is 9.93. The van der Waals surface area contributed by atoms with Gasteiger partial charge in [0.25, 0.3) is 0 Å². The quantitative estimate of drug-likeness (QED) is 0.754. The summed E-state index contributed by atoms with van der Waals surface area (Å²) in [6.07, 6.45) is -3.46. The van der Waals surface area contributed by atoms with Gasteiger partial charge in [-0.05, 0) is 36.1 Å². The molecule has 0 bridgehead atoms. The third kappa shape index (κ3) is 5.62. The molecular weight excluding hydrogens is 393 g/mol. The fourth-order valence-electron chi connectivity index (χ4n) is 2.89. The van der Waals surface area contributed by atoms with Crippen LogP contribution in [0.15, 0.2) is 22.7 Å². The first-order chi connectivity index (χ1) is 10.3. The number of piperazine rings is 1. The normalized spacial score (nSPS) is 17.9. The van der Waals surface area contributed by atoms with E-state index in [4.69, 9.17) is 0 Å². The summed E-state index contributed by atoms with van der Waals surface area (Å²) in [4.78, 5) is 2.29. The van der Waals surface area contributed by atoms with Crippen LogP contribution in [-0.4, -0.2) is 31.1 Å². The smallest absolute Gasteiger partial charge is 0.314 e. The minimum absolute atomic E-state index is 0. The predicted molar refractivity (Wildman–Crippen MR) is 93.0 cm³/mol. The van der Waals surface area contributed by atoms with Crippen molar-refractivity contribution in [3.8, 4) is 0 Å². The van der Waals surface area contributed by atoms with Crippen molar-refractivity contribution in [2.75, 3.05) is 26.2 Å². The average Bonchev–Trinajstić information content (AvgIpc) is 2.45. The molecule has 2 rings (SSSR count). The van der Waals surface area contributed by atoms with Crippen molar-refractivity contribution < 1.29 is 13.2 Å². The van der Waals surface area contributed by atoms with Crippen molar-refractivity contribution in [1.82, 2.24) is 10.2 Å². The van der Waals surface area contributed by atoms with Gasteiger partial charge in [0, 0.05) is 36.7 Å². The monoisotopic (exact) mass is 414 g/mol. The van der Waals surface area contributed by atoms with E-state index < -0.39 is 11.7 Å². The standard InChI is InChI=1S/C16H22BrF3N2.ClH/c1-11(2)9-15(22-7-5-21-6-8-22)13-10-12(16(18,19)20)3-4-14(13)17;/h3-4,10-11,15,21H,5-9H2,1-2H3;1H/t15-;/m1./s1. The molecule has 1 aliphatic heterocycles. The lowest BCUT2D eigenvalue weighted by Gasteiger charge is -2.37. The van der Waals surface area contributed by atoms with Crippen molar-refractivity contribution in [2.24, 2.45) is 5.92 Å². The molecule has 0 spiro atoms. The molecule has 1 atom stereocenters. The summed E-state index contributed by atoms with van der Waals surface area (Å²) < 4.78 is 39.8. The molecule has 23 heavy (non-hydrogen) atoms. The molecule has 1 aromatic rings. The Morgan fingerprint density at radius 1 is 1.22 bits per heavy atom. The number of nitrogens with zero attached hydrogens (tertiary/aromatic N) is 1. The van der Waals surface area contributed by atoms with Crippen LogP contribution in [-0.2, 0) is 6.18 Å². The van der Waals surface area contributed by atoms with Crippen molar-refractivity contribution in [2.45, 2.75) is 32.5 Å². The molecule has 1 aromatic carbocycles. The maximum Gasteiger partial charge on any atom is 0.416 e. The number of alkyl halides is 3. The van der Waals surface area contributed by atoms with Gasteiger partial charge >= 0.3 is 6.18 Å². The first kappa shape index (κ1) is 20.7. The van der Waals surface area contributed by atoms with E-state index in [2.05, 4.69) is 40.0 Å². The summed E-state index contributed by atoms with van der Waals surface area (Å²) in [5.74, 6) is 0.418. The lowest BCUT2D eigenvalue weighted by molar-refractivity contribution is -0.137. The van der Waals surface area contributed by atoms with Gasteiger partial charge in [0.05, 0.1) is 5.56 Å². The Bertz CT molecular complexity index is 503. The summed E-state index contributed by atoms with van der Waals surface area (Å²) in [7, 11) is 0. The van der Waals surface area contributed by atoms with E-state index in [1.807, 2.05) is 0 Å². The van der Waals surface area contributed by atoms with E-state index in [9.17, 15) is 13.2 Å². The van der Waals surface area contributed by atoms with E-state index in [1.165, 1.54) is 12.1 Å². The number of halogens is 5.